The zero-order chi connectivity index (χ0) is 15.9. The van der Waals surface area contributed by atoms with Crippen molar-refractivity contribution >= 4 is 11.9 Å². The van der Waals surface area contributed by atoms with E-state index in [1.807, 2.05) is 35.2 Å². The minimum atomic E-state index is -1.05. The third kappa shape index (κ3) is 4.82. The van der Waals surface area contributed by atoms with Crippen LogP contribution in [0.2, 0.25) is 0 Å². The number of rotatable bonds is 7. The number of amides is 1. The highest BCUT2D eigenvalue weighted by molar-refractivity contribution is 5.82. The van der Waals surface area contributed by atoms with E-state index in [-0.39, 0.29) is 25.0 Å². The van der Waals surface area contributed by atoms with Gasteiger partial charge >= 0.3 is 5.97 Å². The minimum absolute atomic E-state index is 0.144. The Balaban J connectivity index is 1.85. The quantitative estimate of drug-likeness (QED) is 0.692. The summed E-state index contributed by atoms with van der Waals surface area (Å²) in [5.74, 6) is -1.34. The SMILES string of the molecule is O=C(O)CNC(=O)CN1CCCC1CC(O)c1ccccc1. The highest BCUT2D eigenvalue weighted by Gasteiger charge is 2.28. The Hall–Kier alpha value is -1.92. The summed E-state index contributed by atoms with van der Waals surface area (Å²) in [6.45, 7) is 0.621. The molecule has 2 rings (SSSR count). The number of aliphatic hydroxyl groups is 1. The number of carbonyl (C=O) groups excluding carboxylic acids is 1. The van der Waals surface area contributed by atoms with Gasteiger partial charge in [-0.2, -0.15) is 0 Å². The van der Waals surface area contributed by atoms with Gasteiger partial charge in [0.2, 0.25) is 5.91 Å². The second-order valence-corrected chi connectivity index (χ2v) is 5.60. The number of aliphatic hydroxyl groups excluding tert-OH is 1. The van der Waals surface area contributed by atoms with Crippen molar-refractivity contribution in [3.8, 4) is 0 Å². The predicted octanol–water partition coefficient (Wildman–Crippen LogP) is 0.775. The number of likely N-dealkylation sites (tertiary alicyclic amines) is 1. The summed E-state index contributed by atoms with van der Waals surface area (Å²) in [5.41, 5.74) is 0.879. The van der Waals surface area contributed by atoms with Gasteiger partial charge in [0.15, 0.2) is 0 Å². The van der Waals surface area contributed by atoms with Crippen LogP contribution in [0.5, 0.6) is 0 Å². The van der Waals surface area contributed by atoms with Crippen LogP contribution < -0.4 is 5.32 Å². The number of carboxylic acids is 1. The molecule has 1 aliphatic heterocycles. The van der Waals surface area contributed by atoms with Gasteiger partial charge in [-0.3, -0.25) is 14.5 Å². The average Bonchev–Trinajstić information content (AvgIpc) is 2.93. The topological polar surface area (TPSA) is 89.9 Å². The second-order valence-electron chi connectivity index (χ2n) is 5.60. The molecule has 1 aromatic rings. The van der Waals surface area contributed by atoms with Gasteiger partial charge in [0.1, 0.15) is 6.54 Å². The van der Waals surface area contributed by atoms with Crippen molar-refractivity contribution in [2.24, 2.45) is 0 Å². The molecule has 0 bridgehead atoms. The van der Waals surface area contributed by atoms with Crippen LogP contribution >= 0.6 is 0 Å². The molecule has 2 atom stereocenters. The lowest BCUT2D eigenvalue weighted by Gasteiger charge is -2.26. The standard InChI is InChI=1S/C16H22N2O4/c19-14(12-5-2-1-3-6-12)9-13-7-4-8-18(13)11-15(20)17-10-16(21)22/h1-3,5-6,13-14,19H,4,7-11H2,(H,17,20)(H,21,22). The maximum Gasteiger partial charge on any atom is 0.322 e. The molecule has 3 N–H and O–H groups in total. The molecular formula is C16H22N2O4. The number of aliphatic carboxylic acids is 1. The van der Waals surface area contributed by atoms with Crippen molar-refractivity contribution in [1.82, 2.24) is 10.2 Å². The summed E-state index contributed by atoms with van der Waals surface area (Å²) < 4.78 is 0. The fourth-order valence-corrected chi connectivity index (χ4v) is 2.85. The zero-order valence-electron chi connectivity index (χ0n) is 12.4. The van der Waals surface area contributed by atoms with E-state index in [4.69, 9.17) is 5.11 Å². The van der Waals surface area contributed by atoms with E-state index in [0.717, 1.165) is 24.9 Å². The van der Waals surface area contributed by atoms with Crippen LogP contribution in [-0.2, 0) is 9.59 Å². The molecule has 1 aliphatic rings. The lowest BCUT2D eigenvalue weighted by atomic mass is 10.0. The van der Waals surface area contributed by atoms with Crippen LogP contribution in [0.15, 0.2) is 30.3 Å². The van der Waals surface area contributed by atoms with Gasteiger partial charge in [0.05, 0.1) is 12.6 Å². The fraction of sp³-hybridized carbons (Fsp3) is 0.500. The summed E-state index contributed by atoms with van der Waals surface area (Å²) in [5, 5.41) is 21.2. The van der Waals surface area contributed by atoms with Crippen molar-refractivity contribution in [3.63, 3.8) is 0 Å². The molecule has 0 spiro atoms. The Morgan fingerprint density at radius 2 is 2.05 bits per heavy atom. The van der Waals surface area contributed by atoms with Gasteiger partial charge in [-0.15, -0.1) is 0 Å². The summed E-state index contributed by atoms with van der Waals surface area (Å²) in [7, 11) is 0. The maximum absolute atomic E-state index is 11.7. The molecule has 6 heteroatoms. The first-order valence-corrected chi connectivity index (χ1v) is 7.52. The molecule has 1 fully saturated rings. The molecule has 120 valence electrons. The molecular weight excluding hydrogens is 284 g/mol. The first kappa shape index (κ1) is 16.5. The third-order valence-electron chi connectivity index (χ3n) is 3.96. The first-order chi connectivity index (χ1) is 10.6. The molecule has 1 aromatic carbocycles. The van der Waals surface area contributed by atoms with Gasteiger partial charge in [-0.25, -0.2) is 0 Å². The zero-order valence-corrected chi connectivity index (χ0v) is 12.4. The number of hydrogen-bond acceptors (Lipinski definition) is 4. The van der Waals surface area contributed by atoms with Crippen molar-refractivity contribution in [2.75, 3.05) is 19.6 Å². The predicted molar refractivity (Wildman–Crippen MR) is 81.3 cm³/mol. The van der Waals surface area contributed by atoms with Crippen LogP contribution in [0.25, 0.3) is 0 Å². The number of carboxylic acid groups (broad SMARTS) is 1. The van der Waals surface area contributed by atoms with Crippen molar-refractivity contribution in [2.45, 2.75) is 31.4 Å². The van der Waals surface area contributed by atoms with Crippen LogP contribution in [-0.4, -0.2) is 52.7 Å². The van der Waals surface area contributed by atoms with Gasteiger partial charge in [0.25, 0.3) is 0 Å². The van der Waals surface area contributed by atoms with Gasteiger partial charge < -0.3 is 15.5 Å². The van der Waals surface area contributed by atoms with Gasteiger partial charge in [-0.05, 0) is 31.4 Å². The monoisotopic (exact) mass is 306 g/mol. The molecule has 22 heavy (non-hydrogen) atoms. The van der Waals surface area contributed by atoms with Crippen LogP contribution in [0.1, 0.15) is 30.9 Å². The molecule has 1 amide bonds. The molecule has 0 radical (unpaired) electrons. The molecule has 1 heterocycles. The normalized spacial score (nSPS) is 19.8. The van der Waals surface area contributed by atoms with E-state index < -0.39 is 12.1 Å². The Bertz CT molecular complexity index is 506. The fourth-order valence-electron chi connectivity index (χ4n) is 2.85. The van der Waals surface area contributed by atoms with Crippen molar-refractivity contribution in [3.05, 3.63) is 35.9 Å². The summed E-state index contributed by atoms with van der Waals surface area (Å²) in [6.07, 6.45) is 1.96. The number of nitrogens with zero attached hydrogens (tertiary/aromatic N) is 1. The Morgan fingerprint density at radius 3 is 2.73 bits per heavy atom. The third-order valence-corrected chi connectivity index (χ3v) is 3.96. The average molecular weight is 306 g/mol. The molecule has 0 saturated carbocycles. The smallest absolute Gasteiger partial charge is 0.322 e. The highest BCUT2D eigenvalue weighted by atomic mass is 16.4. The Labute approximate surface area is 129 Å². The minimum Gasteiger partial charge on any atom is -0.480 e. The van der Waals surface area contributed by atoms with E-state index in [2.05, 4.69) is 5.32 Å². The maximum atomic E-state index is 11.7. The van der Waals surface area contributed by atoms with Gasteiger partial charge in [-0.1, -0.05) is 30.3 Å². The largest absolute Gasteiger partial charge is 0.480 e. The highest BCUT2D eigenvalue weighted by Crippen LogP contribution is 2.26. The van der Waals surface area contributed by atoms with E-state index in [1.54, 1.807) is 0 Å². The number of nitrogens with one attached hydrogen (secondary N) is 1. The van der Waals surface area contributed by atoms with Gasteiger partial charge in [0, 0.05) is 6.04 Å². The van der Waals surface area contributed by atoms with E-state index in [9.17, 15) is 14.7 Å². The van der Waals surface area contributed by atoms with Crippen LogP contribution in [0, 0.1) is 0 Å². The molecule has 1 saturated heterocycles. The number of hydrogen-bond donors (Lipinski definition) is 3. The van der Waals surface area contributed by atoms with E-state index in [0.29, 0.717) is 6.42 Å². The molecule has 2 unspecified atom stereocenters. The number of benzene rings is 1. The molecule has 6 nitrogen and oxygen atoms in total. The number of carbonyl (C=O) groups is 2. The summed E-state index contributed by atoms with van der Waals surface area (Å²) >= 11 is 0. The van der Waals surface area contributed by atoms with E-state index >= 15 is 0 Å². The van der Waals surface area contributed by atoms with Crippen molar-refractivity contribution < 1.29 is 19.8 Å². The lowest BCUT2D eigenvalue weighted by Crippen LogP contribution is -2.41. The summed E-state index contributed by atoms with van der Waals surface area (Å²) in [6, 6.07) is 9.62. The Morgan fingerprint density at radius 1 is 1.32 bits per heavy atom. The molecule has 0 aliphatic carbocycles. The molecule has 0 aromatic heterocycles. The lowest BCUT2D eigenvalue weighted by molar-refractivity contribution is -0.138. The van der Waals surface area contributed by atoms with Crippen LogP contribution in [0.3, 0.4) is 0 Å². The van der Waals surface area contributed by atoms with E-state index in [1.165, 1.54) is 0 Å². The van der Waals surface area contributed by atoms with Crippen molar-refractivity contribution in [1.29, 1.82) is 0 Å². The first-order valence-electron chi connectivity index (χ1n) is 7.52. The summed E-state index contributed by atoms with van der Waals surface area (Å²) in [4.78, 5) is 24.2. The Kier molecular flexibility index (Phi) is 5.91. The van der Waals surface area contributed by atoms with Crippen LogP contribution in [0.4, 0.5) is 0 Å². The second kappa shape index (κ2) is 7.91.